The van der Waals surface area contributed by atoms with E-state index in [-0.39, 0.29) is 5.56 Å². The summed E-state index contributed by atoms with van der Waals surface area (Å²) >= 11 is 7.38. The molecule has 8 nitrogen and oxygen atoms in total. The molecule has 0 aliphatic heterocycles. The number of hydrogen-bond donors (Lipinski definition) is 0. The molecule has 0 radical (unpaired) electrons. The van der Waals surface area contributed by atoms with Crippen LogP contribution in [0.3, 0.4) is 0 Å². The van der Waals surface area contributed by atoms with Crippen molar-refractivity contribution in [3.8, 4) is 17.1 Å². The van der Waals surface area contributed by atoms with Crippen LogP contribution in [0.4, 0.5) is 0 Å². The molecule has 0 fully saturated rings. The van der Waals surface area contributed by atoms with Gasteiger partial charge in [0.1, 0.15) is 0 Å². The van der Waals surface area contributed by atoms with Crippen LogP contribution in [0.1, 0.15) is 17.0 Å². The third-order valence-electron chi connectivity index (χ3n) is 5.90. The van der Waals surface area contributed by atoms with Gasteiger partial charge in [0.2, 0.25) is 17.5 Å². The Bertz CT molecular complexity index is 1810. The highest BCUT2D eigenvalue weighted by Crippen LogP contribution is 2.27. The number of fused-ring (bicyclic) bond motifs is 3. The van der Waals surface area contributed by atoms with Gasteiger partial charge in [-0.1, -0.05) is 52.8 Å². The topological polar surface area (TPSA) is 91.1 Å². The van der Waals surface area contributed by atoms with Gasteiger partial charge >= 0.3 is 0 Å². The highest BCUT2D eigenvalue weighted by Gasteiger charge is 2.20. The van der Waals surface area contributed by atoms with Gasteiger partial charge in [-0.05, 0) is 67.4 Å². The second-order valence-electron chi connectivity index (χ2n) is 8.37. The lowest BCUT2D eigenvalue weighted by atomic mass is 10.1. The van der Waals surface area contributed by atoms with E-state index in [1.54, 1.807) is 16.7 Å². The zero-order valence-corrected chi connectivity index (χ0v) is 20.9. The van der Waals surface area contributed by atoms with Crippen molar-refractivity contribution >= 4 is 40.0 Å². The van der Waals surface area contributed by atoms with E-state index >= 15 is 0 Å². The Morgan fingerprint density at radius 3 is 2.64 bits per heavy atom. The maximum atomic E-state index is 13.6. The molecule has 10 heteroatoms. The molecule has 0 atom stereocenters. The zero-order chi connectivity index (χ0) is 24.8. The largest absolute Gasteiger partial charge is 0.338 e. The van der Waals surface area contributed by atoms with E-state index in [0.29, 0.717) is 38.8 Å². The first-order chi connectivity index (χ1) is 17.5. The van der Waals surface area contributed by atoms with Crippen molar-refractivity contribution < 1.29 is 4.52 Å². The first-order valence-electron chi connectivity index (χ1n) is 11.2. The number of halogens is 1. The van der Waals surface area contributed by atoms with Crippen molar-refractivity contribution in [1.29, 1.82) is 0 Å². The number of aryl methyl sites for hydroxylation is 2. The van der Waals surface area contributed by atoms with Crippen LogP contribution in [0.5, 0.6) is 0 Å². The molecule has 0 amide bonds. The molecule has 6 rings (SSSR count). The van der Waals surface area contributed by atoms with Crippen LogP contribution in [-0.2, 0) is 5.75 Å². The molecule has 0 unspecified atom stereocenters. The highest BCUT2D eigenvalue weighted by molar-refractivity contribution is 7.98. The molecule has 0 aliphatic carbocycles. The Morgan fingerprint density at radius 2 is 1.81 bits per heavy atom. The number of thioether (sulfide) groups is 1. The predicted molar refractivity (Wildman–Crippen MR) is 140 cm³/mol. The summed E-state index contributed by atoms with van der Waals surface area (Å²) in [5.74, 6) is 1.77. The molecule has 3 aromatic heterocycles. The van der Waals surface area contributed by atoms with Crippen LogP contribution in [0, 0.1) is 13.8 Å². The first-order valence-corrected chi connectivity index (χ1v) is 12.5. The number of para-hydroxylation sites is 1. The van der Waals surface area contributed by atoms with Crippen LogP contribution >= 0.6 is 23.4 Å². The van der Waals surface area contributed by atoms with Gasteiger partial charge in [0.15, 0.2) is 5.16 Å². The summed E-state index contributed by atoms with van der Waals surface area (Å²) in [5.41, 5.74) is 4.22. The minimum atomic E-state index is -0.139. The third-order valence-corrected chi connectivity index (χ3v) is 7.06. The summed E-state index contributed by atoms with van der Waals surface area (Å²) in [7, 11) is 0. The number of rotatable bonds is 5. The molecule has 0 N–H and O–H groups in total. The van der Waals surface area contributed by atoms with Crippen LogP contribution in [0.2, 0.25) is 5.02 Å². The highest BCUT2D eigenvalue weighted by atomic mass is 35.5. The van der Waals surface area contributed by atoms with Crippen molar-refractivity contribution in [2.75, 3.05) is 0 Å². The maximum Gasteiger partial charge on any atom is 0.267 e. The summed E-state index contributed by atoms with van der Waals surface area (Å²) < 4.78 is 9.00. The average molecular weight is 515 g/mol. The molecule has 0 aliphatic rings. The molecule has 0 bridgehead atoms. The van der Waals surface area contributed by atoms with E-state index in [0.717, 1.165) is 27.9 Å². The van der Waals surface area contributed by atoms with Crippen LogP contribution in [0.25, 0.3) is 33.8 Å². The lowest BCUT2D eigenvalue weighted by molar-refractivity contribution is 0.391. The standard InChI is InChI=1S/C26H19ClN6O2S/c1-15-7-8-16(2)21(13-15)32-24(34)19-5-3-4-6-20(19)33-25(32)29-30-26(33)36-14-22-28-23(31-35-22)17-9-11-18(27)12-10-17/h3-13H,14H2,1-2H3. The summed E-state index contributed by atoms with van der Waals surface area (Å²) in [4.78, 5) is 18.1. The van der Waals surface area contributed by atoms with Crippen LogP contribution in [-0.4, -0.2) is 29.3 Å². The fraction of sp³-hybridized carbons (Fsp3) is 0.115. The van der Waals surface area contributed by atoms with Gasteiger partial charge < -0.3 is 4.52 Å². The van der Waals surface area contributed by atoms with Crippen molar-refractivity contribution in [2.45, 2.75) is 24.8 Å². The quantitative estimate of drug-likeness (QED) is 0.275. The minimum absolute atomic E-state index is 0.139. The normalized spacial score (nSPS) is 11.5. The smallest absolute Gasteiger partial charge is 0.267 e. The molecule has 6 aromatic rings. The maximum absolute atomic E-state index is 13.6. The van der Waals surface area contributed by atoms with Gasteiger partial charge in [-0.15, -0.1) is 10.2 Å². The van der Waals surface area contributed by atoms with Crippen LogP contribution in [0.15, 0.2) is 81.2 Å². The summed E-state index contributed by atoms with van der Waals surface area (Å²) in [6, 6.07) is 20.7. The predicted octanol–water partition coefficient (Wildman–Crippen LogP) is 5.65. The SMILES string of the molecule is Cc1ccc(C)c(-n2c(=O)c3ccccc3n3c(SCc4nc(-c5ccc(Cl)cc5)no4)nnc23)c1. The average Bonchev–Trinajstić information content (AvgIpc) is 3.53. The van der Waals surface area contributed by atoms with Crippen molar-refractivity contribution in [3.63, 3.8) is 0 Å². The van der Waals surface area contributed by atoms with E-state index in [4.69, 9.17) is 16.1 Å². The van der Waals surface area contributed by atoms with Gasteiger partial charge in [-0.2, -0.15) is 4.98 Å². The lowest BCUT2D eigenvalue weighted by Crippen LogP contribution is -2.22. The van der Waals surface area contributed by atoms with E-state index in [2.05, 4.69) is 20.3 Å². The first kappa shape index (κ1) is 22.5. The fourth-order valence-electron chi connectivity index (χ4n) is 4.11. The zero-order valence-electron chi connectivity index (χ0n) is 19.3. The minimum Gasteiger partial charge on any atom is -0.338 e. The van der Waals surface area contributed by atoms with Crippen LogP contribution < -0.4 is 5.56 Å². The monoisotopic (exact) mass is 514 g/mol. The Morgan fingerprint density at radius 1 is 1.00 bits per heavy atom. The number of hydrogen-bond acceptors (Lipinski definition) is 7. The number of benzene rings is 3. The molecule has 0 saturated heterocycles. The molecule has 0 saturated carbocycles. The third kappa shape index (κ3) is 3.86. The molecular weight excluding hydrogens is 496 g/mol. The Kier molecular flexibility index (Phi) is 5.58. The van der Waals surface area contributed by atoms with Gasteiger partial charge in [0.25, 0.3) is 5.56 Å². The van der Waals surface area contributed by atoms with E-state index in [9.17, 15) is 4.79 Å². The molecule has 3 heterocycles. The van der Waals surface area contributed by atoms with E-state index in [1.807, 2.05) is 72.8 Å². The molecule has 36 heavy (non-hydrogen) atoms. The second-order valence-corrected chi connectivity index (χ2v) is 9.75. The van der Waals surface area contributed by atoms with Gasteiger partial charge in [-0.25, -0.2) is 4.57 Å². The lowest BCUT2D eigenvalue weighted by Gasteiger charge is -2.13. The second kappa shape index (κ2) is 8.92. The summed E-state index contributed by atoms with van der Waals surface area (Å²) in [6.07, 6.45) is 0. The molecule has 178 valence electrons. The van der Waals surface area contributed by atoms with Gasteiger partial charge in [0, 0.05) is 10.6 Å². The van der Waals surface area contributed by atoms with Gasteiger partial charge in [0.05, 0.1) is 22.3 Å². The van der Waals surface area contributed by atoms with Crippen molar-refractivity contribution in [2.24, 2.45) is 0 Å². The Balaban J connectivity index is 1.43. The Hall–Kier alpha value is -3.95. The number of aromatic nitrogens is 6. The number of nitrogens with zero attached hydrogens (tertiary/aromatic N) is 6. The van der Waals surface area contributed by atoms with Gasteiger partial charge in [-0.3, -0.25) is 9.20 Å². The van der Waals surface area contributed by atoms with E-state index < -0.39 is 0 Å². The van der Waals surface area contributed by atoms with E-state index in [1.165, 1.54) is 11.8 Å². The Labute approximate surface area is 214 Å². The summed E-state index contributed by atoms with van der Waals surface area (Å²) in [5, 5.41) is 14.8. The summed E-state index contributed by atoms with van der Waals surface area (Å²) in [6.45, 7) is 3.98. The van der Waals surface area contributed by atoms with Crippen molar-refractivity contribution in [1.82, 2.24) is 29.3 Å². The molecule has 3 aromatic carbocycles. The molecular formula is C26H19ClN6O2S. The van der Waals surface area contributed by atoms with Crippen molar-refractivity contribution in [3.05, 3.63) is 99.1 Å². The fourth-order valence-corrected chi connectivity index (χ4v) is 5.01. The molecule has 0 spiro atoms.